The molecule has 1 atom stereocenters. The van der Waals surface area contributed by atoms with Gasteiger partial charge in [0, 0.05) is 25.1 Å². The predicted octanol–water partition coefficient (Wildman–Crippen LogP) is 0.161. The van der Waals surface area contributed by atoms with Crippen LogP contribution >= 0.6 is 0 Å². The molecular weight excluding hydrogens is 296 g/mol. The Labute approximate surface area is 132 Å². The number of rotatable bonds is 6. The number of nitrogens with zero attached hydrogens (tertiary/aromatic N) is 6. The molecule has 0 saturated carbocycles. The van der Waals surface area contributed by atoms with Gasteiger partial charge in [0.15, 0.2) is 5.69 Å². The average Bonchev–Trinajstić information content (AvgIpc) is 3.19. The van der Waals surface area contributed by atoms with E-state index in [1.807, 2.05) is 29.8 Å². The van der Waals surface area contributed by atoms with Crippen LogP contribution in [0.5, 0.6) is 0 Å². The maximum atomic E-state index is 12.3. The third-order valence-corrected chi connectivity index (χ3v) is 3.45. The monoisotopic (exact) mass is 314 g/mol. The van der Waals surface area contributed by atoms with Gasteiger partial charge in [-0.1, -0.05) is 12.1 Å². The highest BCUT2D eigenvalue weighted by Gasteiger charge is 2.19. The van der Waals surface area contributed by atoms with Crippen LogP contribution in [0.25, 0.3) is 5.78 Å². The average molecular weight is 314 g/mol. The van der Waals surface area contributed by atoms with Crippen molar-refractivity contribution in [2.75, 3.05) is 6.54 Å². The number of amides is 1. The smallest absolute Gasteiger partial charge is 0.273 e. The molecule has 0 aliphatic rings. The van der Waals surface area contributed by atoms with Crippen LogP contribution in [0.2, 0.25) is 0 Å². The molecule has 3 N–H and O–H groups in total. The SMILES string of the molecule is CC[C@@H](NC(=O)c1cn(CCN)nn1)c1cn2cccnc2n1. The Morgan fingerprint density at radius 2 is 2.30 bits per heavy atom. The molecule has 1 amide bonds. The molecule has 0 unspecified atom stereocenters. The first-order valence-electron chi connectivity index (χ1n) is 7.42. The molecule has 0 spiro atoms. The van der Waals surface area contributed by atoms with E-state index in [9.17, 15) is 4.79 Å². The maximum absolute atomic E-state index is 12.3. The van der Waals surface area contributed by atoms with Gasteiger partial charge in [-0.15, -0.1) is 5.10 Å². The number of nitrogens with two attached hydrogens (primary N) is 1. The van der Waals surface area contributed by atoms with E-state index in [0.717, 1.165) is 5.69 Å². The van der Waals surface area contributed by atoms with Crippen LogP contribution in [0.3, 0.4) is 0 Å². The lowest BCUT2D eigenvalue weighted by Gasteiger charge is -2.13. The van der Waals surface area contributed by atoms with Gasteiger partial charge in [0.05, 0.1) is 24.5 Å². The Morgan fingerprint density at radius 1 is 1.43 bits per heavy atom. The molecular formula is C14H18N8O. The molecule has 3 heterocycles. The van der Waals surface area contributed by atoms with Crippen molar-refractivity contribution in [2.24, 2.45) is 5.73 Å². The molecule has 0 aliphatic carbocycles. The highest BCUT2D eigenvalue weighted by atomic mass is 16.2. The van der Waals surface area contributed by atoms with Crippen LogP contribution in [0.4, 0.5) is 0 Å². The van der Waals surface area contributed by atoms with Crippen LogP contribution in [0, 0.1) is 0 Å². The van der Waals surface area contributed by atoms with Crippen molar-refractivity contribution in [2.45, 2.75) is 25.9 Å². The van der Waals surface area contributed by atoms with E-state index >= 15 is 0 Å². The second-order valence-corrected chi connectivity index (χ2v) is 5.08. The van der Waals surface area contributed by atoms with Gasteiger partial charge in [-0.3, -0.25) is 13.9 Å². The first-order valence-corrected chi connectivity index (χ1v) is 7.42. The first-order chi connectivity index (χ1) is 11.2. The van der Waals surface area contributed by atoms with Crippen molar-refractivity contribution in [3.05, 3.63) is 42.2 Å². The summed E-state index contributed by atoms with van der Waals surface area (Å²) in [5, 5.41) is 10.7. The van der Waals surface area contributed by atoms with Gasteiger partial charge in [-0.2, -0.15) is 0 Å². The van der Waals surface area contributed by atoms with Crippen LogP contribution < -0.4 is 11.1 Å². The van der Waals surface area contributed by atoms with Crippen molar-refractivity contribution in [3.63, 3.8) is 0 Å². The molecule has 0 aromatic carbocycles. The summed E-state index contributed by atoms with van der Waals surface area (Å²) >= 11 is 0. The fraction of sp³-hybridized carbons (Fsp3) is 0.357. The fourth-order valence-electron chi connectivity index (χ4n) is 2.28. The highest BCUT2D eigenvalue weighted by molar-refractivity contribution is 5.92. The molecule has 0 aliphatic heterocycles. The molecule has 3 rings (SSSR count). The van der Waals surface area contributed by atoms with Gasteiger partial charge >= 0.3 is 0 Å². The number of carbonyl (C=O) groups is 1. The predicted molar refractivity (Wildman–Crippen MR) is 82.6 cm³/mol. The Balaban J connectivity index is 1.76. The van der Waals surface area contributed by atoms with Crippen LogP contribution in [-0.2, 0) is 6.54 Å². The minimum absolute atomic E-state index is 0.219. The molecule has 9 nitrogen and oxygen atoms in total. The number of nitrogens with one attached hydrogen (secondary N) is 1. The summed E-state index contributed by atoms with van der Waals surface area (Å²) in [5.41, 5.74) is 6.48. The second kappa shape index (κ2) is 6.53. The minimum atomic E-state index is -0.287. The summed E-state index contributed by atoms with van der Waals surface area (Å²) < 4.78 is 3.37. The van der Waals surface area contributed by atoms with Crippen LogP contribution in [0.15, 0.2) is 30.9 Å². The number of fused-ring (bicyclic) bond motifs is 1. The number of hydrogen-bond donors (Lipinski definition) is 2. The van der Waals surface area contributed by atoms with E-state index in [2.05, 4.69) is 25.6 Å². The van der Waals surface area contributed by atoms with Gasteiger partial charge in [0.2, 0.25) is 5.78 Å². The van der Waals surface area contributed by atoms with Gasteiger partial charge in [-0.05, 0) is 12.5 Å². The zero-order chi connectivity index (χ0) is 16.2. The lowest BCUT2D eigenvalue weighted by atomic mass is 10.1. The van der Waals surface area contributed by atoms with E-state index in [4.69, 9.17) is 5.73 Å². The Hall–Kier alpha value is -2.81. The quantitative estimate of drug-likeness (QED) is 0.669. The van der Waals surface area contributed by atoms with Crippen molar-refractivity contribution < 1.29 is 4.79 Å². The Bertz CT molecular complexity index is 775. The Kier molecular flexibility index (Phi) is 4.29. The lowest BCUT2D eigenvalue weighted by Crippen LogP contribution is -2.28. The summed E-state index contributed by atoms with van der Waals surface area (Å²) in [6, 6.07) is 1.61. The van der Waals surface area contributed by atoms with Gasteiger partial charge < -0.3 is 11.1 Å². The molecule has 9 heteroatoms. The largest absolute Gasteiger partial charge is 0.342 e. The molecule has 120 valence electrons. The third-order valence-electron chi connectivity index (χ3n) is 3.45. The van der Waals surface area contributed by atoms with Crippen LogP contribution in [-0.4, -0.2) is 41.8 Å². The molecule has 0 saturated heterocycles. The minimum Gasteiger partial charge on any atom is -0.342 e. The second-order valence-electron chi connectivity index (χ2n) is 5.08. The van der Waals surface area contributed by atoms with E-state index in [1.165, 1.54) is 0 Å². The number of aromatic nitrogens is 6. The number of hydrogen-bond acceptors (Lipinski definition) is 6. The number of imidazole rings is 1. The van der Waals surface area contributed by atoms with Crippen molar-refractivity contribution in [1.29, 1.82) is 0 Å². The first kappa shape index (κ1) is 15.1. The third kappa shape index (κ3) is 3.19. The summed E-state index contributed by atoms with van der Waals surface area (Å²) in [7, 11) is 0. The summed E-state index contributed by atoms with van der Waals surface area (Å²) in [6.07, 6.45) is 7.70. The maximum Gasteiger partial charge on any atom is 0.273 e. The standard InChI is InChI=1S/C14H18N8O/c1-2-10(11-8-21-6-3-5-16-14(21)18-11)17-13(23)12-9-22(7-4-15)20-19-12/h3,5-6,8-10H,2,4,7,15H2,1H3,(H,17,23)/t10-/m1/s1. The van der Waals surface area contributed by atoms with Crippen LogP contribution in [0.1, 0.15) is 35.6 Å². The highest BCUT2D eigenvalue weighted by Crippen LogP contribution is 2.16. The molecule has 0 radical (unpaired) electrons. The zero-order valence-electron chi connectivity index (χ0n) is 12.8. The van der Waals surface area contributed by atoms with Gasteiger partial charge in [-0.25, -0.2) is 9.97 Å². The molecule has 3 aromatic heterocycles. The summed E-state index contributed by atoms with van der Waals surface area (Å²) in [5.74, 6) is 0.314. The Morgan fingerprint density at radius 3 is 3.04 bits per heavy atom. The van der Waals surface area contributed by atoms with Crippen molar-refractivity contribution >= 4 is 11.7 Å². The lowest BCUT2D eigenvalue weighted by molar-refractivity contribution is 0.0929. The van der Waals surface area contributed by atoms with E-state index in [0.29, 0.717) is 25.3 Å². The fourth-order valence-corrected chi connectivity index (χ4v) is 2.28. The topological polar surface area (TPSA) is 116 Å². The van der Waals surface area contributed by atoms with Gasteiger partial charge in [0.1, 0.15) is 0 Å². The number of carbonyl (C=O) groups excluding carboxylic acids is 1. The van der Waals surface area contributed by atoms with Crippen molar-refractivity contribution in [1.82, 2.24) is 34.7 Å². The molecule has 0 fully saturated rings. The normalized spacial score (nSPS) is 12.4. The molecule has 23 heavy (non-hydrogen) atoms. The van der Waals surface area contributed by atoms with Gasteiger partial charge in [0.25, 0.3) is 5.91 Å². The summed E-state index contributed by atoms with van der Waals surface area (Å²) in [4.78, 5) is 20.9. The zero-order valence-corrected chi connectivity index (χ0v) is 12.8. The summed E-state index contributed by atoms with van der Waals surface area (Å²) in [6.45, 7) is 2.94. The van der Waals surface area contributed by atoms with E-state index < -0.39 is 0 Å². The molecule has 0 bridgehead atoms. The van der Waals surface area contributed by atoms with Crippen molar-refractivity contribution in [3.8, 4) is 0 Å². The van der Waals surface area contributed by atoms with E-state index in [1.54, 1.807) is 17.1 Å². The van der Waals surface area contributed by atoms with E-state index in [-0.39, 0.29) is 17.6 Å². The molecule has 3 aromatic rings.